The van der Waals surface area contributed by atoms with Gasteiger partial charge in [0.25, 0.3) is 11.8 Å². The largest absolute Gasteiger partial charge is 0.497 e. The van der Waals surface area contributed by atoms with Gasteiger partial charge in [0.1, 0.15) is 11.5 Å². The van der Waals surface area contributed by atoms with Crippen LogP contribution in [0.3, 0.4) is 0 Å². The molecule has 1 aliphatic rings. The summed E-state index contributed by atoms with van der Waals surface area (Å²) < 4.78 is 10.5. The molecular formula is C20H24ClN3O4. The Morgan fingerprint density at radius 2 is 1.21 bits per heavy atom. The number of nitrogens with two attached hydrogens (primary N) is 1. The maximum atomic E-state index is 12.8. The van der Waals surface area contributed by atoms with Crippen molar-refractivity contribution in [3.63, 3.8) is 0 Å². The number of hydrogen-bond acceptors (Lipinski definition) is 5. The molecule has 1 aliphatic heterocycles. The molecule has 1 heterocycles. The summed E-state index contributed by atoms with van der Waals surface area (Å²) in [5.41, 5.74) is 7.39. The molecule has 3 rings (SSSR count). The number of anilines is 1. The van der Waals surface area contributed by atoms with Crippen molar-refractivity contribution >= 4 is 29.9 Å². The molecule has 1 fully saturated rings. The van der Waals surface area contributed by atoms with Crippen molar-refractivity contribution < 1.29 is 19.1 Å². The van der Waals surface area contributed by atoms with Gasteiger partial charge in [0.2, 0.25) is 0 Å². The number of ether oxygens (including phenoxy) is 2. The van der Waals surface area contributed by atoms with Crippen LogP contribution in [0.2, 0.25) is 0 Å². The Balaban J connectivity index is 0.00000280. The molecule has 0 unspecified atom stereocenters. The summed E-state index contributed by atoms with van der Waals surface area (Å²) >= 11 is 0. The Morgan fingerprint density at radius 3 is 1.64 bits per heavy atom. The minimum Gasteiger partial charge on any atom is -0.497 e. The lowest BCUT2D eigenvalue weighted by Gasteiger charge is -2.35. The molecule has 8 heteroatoms. The molecule has 0 saturated carbocycles. The summed E-state index contributed by atoms with van der Waals surface area (Å²) in [5.74, 6) is 0.974. The molecule has 2 N–H and O–H groups in total. The van der Waals surface area contributed by atoms with Crippen molar-refractivity contribution in [2.75, 3.05) is 46.1 Å². The van der Waals surface area contributed by atoms with Gasteiger partial charge in [0.15, 0.2) is 0 Å². The van der Waals surface area contributed by atoms with E-state index in [1.807, 2.05) is 0 Å². The van der Waals surface area contributed by atoms with Crippen molar-refractivity contribution in [3.05, 3.63) is 53.6 Å². The molecule has 0 aromatic heterocycles. The number of hydrogen-bond donors (Lipinski definition) is 1. The van der Waals surface area contributed by atoms with Gasteiger partial charge in [-0.3, -0.25) is 9.59 Å². The van der Waals surface area contributed by atoms with Crippen LogP contribution in [0.4, 0.5) is 5.69 Å². The van der Waals surface area contributed by atoms with Crippen LogP contribution in [-0.2, 0) is 0 Å². The van der Waals surface area contributed by atoms with Gasteiger partial charge in [-0.25, -0.2) is 0 Å². The third-order valence-electron chi connectivity index (χ3n) is 4.61. The summed E-state index contributed by atoms with van der Waals surface area (Å²) in [5, 5.41) is 0. The summed E-state index contributed by atoms with van der Waals surface area (Å²) in [6.45, 7) is 1.91. The second-order valence-electron chi connectivity index (χ2n) is 6.31. The Morgan fingerprint density at radius 1 is 0.786 bits per heavy atom. The lowest BCUT2D eigenvalue weighted by Crippen LogP contribution is -2.50. The van der Waals surface area contributed by atoms with Crippen molar-refractivity contribution in [3.8, 4) is 11.5 Å². The second kappa shape index (κ2) is 9.32. The Kier molecular flexibility index (Phi) is 7.12. The average molecular weight is 406 g/mol. The van der Waals surface area contributed by atoms with E-state index < -0.39 is 0 Å². The lowest BCUT2D eigenvalue weighted by atomic mass is 10.1. The van der Waals surface area contributed by atoms with E-state index in [4.69, 9.17) is 15.2 Å². The third-order valence-corrected chi connectivity index (χ3v) is 4.61. The van der Waals surface area contributed by atoms with Crippen LogP contribution in [0, 0.1) is 0 Å². The molecule has 2 aromatic carbocycles. The first kappa shape index (κ1) is 21.4. The molecule has 1 saturated heterocycles. The zero-order chi connectivity index (χ0) is 19.4. The highest BCUT2D eigenvalue weighted by Crippen LogP contribution is 2.24. The van der Waals surface area contributed by atoms with E-state index in [9.17, 15) is 9.59 Å². The Hall–Kier alpha value is -2.93. The minimum atomic E-state index is -0.105. The average Bonchev–Trinajstić information content (AvgIpc) is 2.73. The van der Waals surface area contributed by atoms with E-state index in [1.54, 1.807) is 66.5 Å². The fraction of sp³-hybridized carbons (Fsp3) is 0.300. The zero-order valence-corrected chi connectivity index (χ0v) is 16.7. The number of rotatable bonds is 4. The zero-order valence-electron chi connectivity index (χ0n) is 15.9. The van der Waals surface area contributed by atoms with Gasteiger partial charge < -0.3 is 25.0 Å². The molecule has 0 aliphatic carbocycles. The number of benzene rings is 2. The Bertz CT molecular complexity index is 812. The summed E-state index contributed by atoms with van der Waals surface area (Å²) in [6.07, 6.45) is 0. The first-order valence-electron chi connectivity index (χ1n) is 8.69. The van der Waals surface area contributed by atoms with E-state index in [0.29, 0.717) is 54.5 Å². The molecule has 28 heavy (non-hydrogen) atoms. The van der Waals surface area contributed by atoms with Crippen molar-refractivity contribution in [1.29, 1.82) is 0 Å². The smallest absolute Gasteiger partial charge is 0.254 e. The van der Waals surface area contributed by atoms with Crippen molar-refractivity contribution in [2.24, 2.45) is 0 Å². The van der Waals surface area contributed by atoms with Crippen LogP contribution in [0.15, 0.2) is 42.5 Å². The number of amides is 2. The lowest BCUT2D eigenvalue weighted by molar-refractivity contribution is 0.0535. The molecule has 2 amide bonds. The van der Waals surface area contributed by atoms with Gasteiger partial charge >= 0.3 is 0 Å². The van der Waals surface area contributed by atoms with Crippen LogP contribution in [-0.4, -0.2) is 62.0 Å². The fourth-order valence-electron chi connectivity index (χ4n) is 3.03. The van der Waals surface area contributed by atoms with Gasteiger partial charge in [-0.1, -0.05) is 0 Å². The highest BCUT2D eigenvalue weighted by atomic mass is 35.5. The first-order chi connectivity index (χ1) is 13.0. The third kappa shape index (κ3) is 4.67. The SMILES string of the molecule is COc1cc(OC)cc(C(=O)N2CCN(C(=O)c3ccc(N)cc3)CC2)c1.Cl. The van der Waals surface area contributed by atoms with E-state index in [1.165, 1.54) is 0 Å². The number of carbonyl (C=O) groups excluding carboxylic acids is 2. The standard InChI is InChI=1S/C20H23N3O4.ClH/c1-26-17-11-15(12-18(13-17)27-2)20(25)23-9-7-22(8-10-23)19(24)14-3-5-16(21)6-4-14;/h3-6,11-13H,7-10,21H2,1-2H3;1H. The van der Waals surface area contributed by atoms with Crippen LogP contribution >= 0.6 is 12.4 Å². The van der Waals surface area contributed by atoms with Crippen molar-refractivity contribution in [1.82, 2.24) is 9.80 Å². The molecule has 2 aromatic rings. The molecule has 0 spiro atoms. The molecular weight excluding hydrogens is 382 g/mol. The number of carbonyl (C=O) groups is 2. The van der Waals surface area contributed by atoms with Crippen LogP contribution in [0.5, 0.6) is 11.5 Å². The van der Waals surface area contributed by atoms with Crippen LogP contribution in [0.1, 0.15) is 20.7 Å². The predicted molar refractivity (Wildman–Crippen MR) is 109 cm³/mol. The molecule has 150 valence electrons. The van der Waals surface area contributed by atoms with E-state index in [2.05, 4.69) is 0 Å². The first-order valence-corrected chi connectivity index (χ1v) is 8.69. The maximum absolute atomic E-state index is 12.8. The van der Waals surface area contributed by atoms with Gasteiger partial charge in [-0.05, 0) is 36.4 Å². The number of methoxy groups -OCH3 is 2. The Labute approximate surface area is 170 Å². The number of halogens is 1. The number of nitrogen functional groups attached to an aromatic ring is 1. The number of piperazine rings is 1. The van der Waals surface area contributed by atoms with E-state index in [0.717, 1.165) is 0 Å². The van der Waals surface area contributed by atoms with Gasteiger partial charge in [0.05, 0.1) is 14.2 Å². The normalized spacial score (nSPS) is 13.5. The monoisotopic (exact) mass is 405 g/mol. The highest BCUT2D eigenvalue weighted by Gasteiger charge is 2.26. The summed E-state index contributed by atoms with van der Waals surface area (Å²) in [7, 11) is 3.09. The van der Waals surface area contributed by atoms with Crippen LogP contribution < -0.4 is 15.2 Å². The van der Waals surface area contributed by atoms with E-state index in [-0.39, 0.29) is 24.2 Å². The fourth-order valence-corrected chi connectivity index (χ4v) is 3.03. The maximum Gasteiger partial charge on any atom is 0.254 e. The highest BCUT2D eigenvalue weighted by molar-refractivity contribution is 5.96. The predicted octanol–water partition coefficient (Wildman–Crippen LogP) is 2.31. The summed E-state index contributed by atoms with van der Waals surface area (Å²) in [4.78, 5) is 28.9. The van der Waals surface area contributed by atoms with E-state index >= 15 is 0 Å². The molecule has 7 nitrogen and oxygen atoms in total. The topological polar surface area (TPSA) is 85.1 Å². The van der Waals surface area contributed by atoms with Gasteiger partial charge in [-0.15, -0.1) is 12.4 Å². The van der Waals surface area contributed by atoms with Gasteiger partial charge in [0, 0.05) is 49.1 Å². The molecule has 0 bridgehead atoms. The van der Waals surface area contributed by atoms with Crippen LogP contribution in [0.25, 0.3) is 0 Å². The molecule has 0 radical (unpaired) electrons. The number of nitrogens with zero attached hydrogens (tertiary/aromatic N) is 2. The molecule has 0 atom stereocenters. The van der Waals surface area contributed by atoms with Crippen molar-refractivity contribution in [2.45, 2.75) is 0 Å². The quantitative estimate of drug-likeness (QED) is 0.789. The second-order valence-corrected chi connectivity index (χ2v) is 6.31. The summed E-state index contributed by atoms with van der Waals surface area (Å²) in [6, 6.07) is 12.0. The minimum absolute atomic E-state index is 0. The van der Waals surface area contributed by atoms with Gasteiger partial charge in [-0.2, -0.15) is 0 Å².